The van der Waals surface area contributed by atoms with Crippen molar-refractivity contribution in [1.29, 1.82) is 0 Å². The highest BCUT2D eigenvalue weighted by molar-refractivity contribution is 6.10. The third-order valence-corrected chi connectivity index (χ3v) is 5.64. The summed E-state index contributed by atoms with van der Waals surface area (Å²) in [4.78, 5) is 26.2. The molecular weight excluding hydrogens is 358 g/mol. The van der Waals surface area contributed by atoms with Gasteiger partial charge in [-0.2, -0.15) is 0 Å². The molecule has 28 heavy (non-hydrogen) atoms. The molecule has 2 amide bonds. The third-order valence-electron chi connectivity index (χ3n) is 5.64. The van der Waals surface area contributed by atoms with Crippen molar-refractivity contribution < 1.29 is 19.4 Å². The smallest absolute Gasteiger partial charge is 0.250 e. The van der Waals surface area contributed by atoms with Crippen LogP contribution >= 0.6 is 0 Å². The van der Waals surface area contributed by atoms with Crippen molar-refractivity contribution in [3.05, 3.63) is 54.1 Å². The highest BCUT2D eigenvalue weighted by Crippen LogP contribution is 2.47. The molecule has 4 N–H and O–H groups in total. The zero-order chi connectivity index (χ0) is 19.9. The van der Waals surface area contributed by atoms with E-state index in [9.17, 15) is 14.7 Å². The predicted molar refractivity (Wildman–Crippen MR) is 105 cm³/mol. The minimum atomic E-state index is -1.20. The van der Waals surface area contributed by atoms with Crippen LogP contribution < -0.4 is 20.7 Å². The van der Waals surface area contributed by atoms with Gasteiger partial charge in [0.2, 0.25) is 11.8 Å². The summed E-state index contributed by atoms with van der Waals surface area (Å²) in [6.45, 7) is 1.66. The van der Waals surface area contributed by atoms with Crippen LogP contribution in [0.3, 0.4) is 0 Å². The standard InChI is InChI=1S/C21H23N3O4/c1-12(25)18-11-16(19(26)22-13-7-9-14(28-2)10-8-13)21(24-18)15-5-3-4-6-17(15)23-20(21)27/h3-10,12,16,18,24-25H,11H2,1-2H3,(H,22,26)(H,23,27)/t12-,16+,18+,21-/m0/s1. The normalized spacial score (nSPS) is 26.6. The van der Waals surface area contributed by atoms with Crippen molar-refractivity contribution in [3.63, 3.8) is 0 Å². The quantitative estimate of drug-likeness (QED) is 0.648. The second-order valence-electron chi connectivity index (χ2n) is 7.31. The van der Waals surface area contributed by atoms with Gasteiger partial charge in [0.25, 0.3) is 0 Å². The van der Waals surface area contributed by atoms with Gasteiger partial charge in [0.05, 0.1) is 19.1 Å². The number of fused-ring (bicyclic) bond motifs is 2. The third kappa shape index (κ3) is 2.83. The first-order valence-electron chi connectivity index (χ1n) is 9.27. The molecular formula is C21H23N3O4. The molecule has 0 bridgehead atoms. The number of hydrogen-bond acceptors (Lipinski definition) is 5. The number of carbonyl (C=O) groups is 2. The summed E-state index contributed by atoms with van der Waals surface area (Å²) >= 11 is 0. The molecule has 7 nitrogen and oxygen atoms in total. The average Bonchev–Trinajstić information content (AvgIpc) is 3.23. The van der Waals surface area contributed by atoms with Gasteiger partial charge < -0.3 is 20.5 Å². The molecule has 4 atom stereocenters. The Morgan fingerprint density at radius 3 is 2.64 bits per heavy atom. The maximum Gasteiger partial charge on any atom is 0.250 e. The van der Waals surface area contributed by atoms with Gasteiger partial charge in [-0.05, 0) is 43.7 Å². The summed E-state index contributed by atoms with van der Waals surface area (Å²) in [6, 6.07) is 14.0. The van der Waals surface area contributed by atoms with Crippen molar-refractivity contribution in [2.75, 3.05) is 17.7 Å². The number of benzene rings is 2. The highest BCUT2D eigenvalue weighted by atomic mass is 16.5. The van der Waals surface area contributed by atoms with Gasteiger partial charge in [-0.15, -0.1) is 0 Å². The Labute approximate surface area is 163 Å². The van der Waals surface area contributed by atoms with Gasteiger partial charge in [-0.1, -0.05) is 18.2 Å². The lowest BCUT2D eigenvalue weighted by Crippen LogP contribution is -2.53. The van der Waals surface area contributed by atoms with Crippen LogP contribution in [0.4, 0.5) is 11.4 Å². The van der Waals surface area contributed by atoms with Crippen LogP contribution in [0.5, 0.6) is 5.75 Å². The largest absolute Gasteiger partial charge is 0.497 e. The number of nitrogens with one attached hydrogen (secondary N) is 3. The van der Waals surface area contributed by atoms with Gasteiger partial charge in [-0.25, -0.2) is 0 Å². The van der Waals surface area contributed by atoms with E-state index < -0.39 is 17.6 Å². The van der Waals surface area contributed by atoms with E-state index in [1.54, 1.807) is 38.3 Å². The van der Waals surface area contributed by atoms with Crippen LogP contribution in [0.15, 0.2) is 48.5 Å². The zero-order valence-corrected chi connectivity index (χ0v) is 15.7. The Bertz CT molecular complexity index is 912. The number of para-hydroxylation sites is 1. The molecule has 2 aromatic rings. The lowest BCUT2D eigenvalue weighted by Gasteiger charge is -2.29. The van der Waals surface area contributed by atoms with E-state index in [2.05, 4.69) is 16.0 Å². The predicted octanol–water partition coefficient (Wildman–Crippen LogP) is 1.84. The van der Waals surface area contributed by atoms with Gasteiger partial charge in [0.1, 0.15) is 11.3 Å². The van der Waals surface area contributed by atoms with E-state index in [0.29, 0.717) is 23.5 Å². The van der Waals surface area contributed by atoms with Crippen LogP contribution in [0.2, 0.25) is 0 Å². The number of rotatable bonds is 4. The van der Waals surface area contributed by atoms with E-state index >= 15 is 0 Å². The van der Waals surface area contributed by atoms with Gasteiger partial charge in [-0.3, -0.25) is 14.9 Å². The fourth-order valence-electron chi connectivity index (χ4n) is 4.18. The Morgan fingerprint density at radius 1 is 1.25 bits per heavy atom. The van der Waals surface area contributed by atoms with Crippen LogP contribution in [0.25, 0.3) is 0 Å². The van der Waals surface area contributed by atoms with E-state index in [1.807, 2.05) is 24.3 Å². The number of anilines is 2. The van der Waals surface area contributed by atoms with Gasteiger partial charge >= 0.3 is 0 Å². The van der Waals surface area contributed by atoms with Crippen LogP contribution in [-0.4, -0.2) is 36.2 Å². The molecule has 0 aliphatic carbocycles. The van der Waals surface area contributed by atoms with Crippen molar-refractivity contribution in [3.8, 4) is 5.75 Å². The van der Waals surface area contributed by atoms with E-state index in [-0.39, 0.29) is 17.9 Å². The molecule has 0 unspecified atom stereocenters. The lowest BCUT2D eigenvalue weighted by atomic mass is 9.79. The summed E-state index contributed by atoms with van der Waals surface area (Å²) in [7, 11) is 1.58. The number of methoxy groups -OCH3 is 1. The summed E-state index contributed by atoms with van der Waals surface area (Å²) in [5, 5.41) is 19.2. The zero-order valence-electron chi connectivity index (χ0n) is 15.7. The van der Waals surface area contributed by atoms with E-state index in [1.165, 1.54) is 0 Å². The molecule has 2 aromatic carbocycles. The molecule has 1 fully saturated rings. The molecule has 4 rings (SSSR count). The summed E-state index contributed by atoms with van der Waals surface area (Å²) < 4.78 is 5.14. The average molecular weight is 381 g/mol. The molecule has 2 aliphatic heterocycles. The van der Waals surface area contributed by atoms with Crippen molar-refractivity contribution in [2.24, 2.45) is 5.92 Å². The first kappa shape index (κ1) is 18.5. The number of ether oxygens (including phenoxy) is 1. The maximum atomic E-state index is 13.2. The second-order valence-corrected chi connectivity index (χ2v) is 7.31. The van der Waals surface area contributed by atoms with Gasteiger partial charge in [0, 0.05) is 23.0 Å². The molecule has 7 heteroatoms. The molecule has 1 saturated heterocycles. The first-order valence-corrected chi connectivity index (χ1v) is 9.27. The molecule has 2 aliphatic rings. The lowest BCUT2D eigenvalue weighted by molar-refractivity contribution is -0.130. The molecule has 0 aromatic heterocycles. The fraction of sp³-hybridized carbons (Fsp3) is 0.333. The minimum absolute atomic E-state index is 0.271. The van der Waals surface area contributed by atoms with Crippen LogP contribution in [0, 0.1) is 5.92 Å². The molecule has 1 spiro atoms. The molecule has 0 radical (unpaired) electrons. The summed E-state index contributed by atoms with van der Waals surface area (Å²) in [6.07, 6.45) is -0.349. The Balaban J connectivity index is 1.69. The number of aliphatic hydroxyl groups excluding tert-OH is 1. The van der Waals surface area contributed by atoms with Crippen molar-refractivity contribution >= 4 is 23.2 Å². The Kier molecular flexibility index (Phi) is 4.56. The second kappa shape index (κ2) is 6.92. The van der Waals surface area contributed by atoms with Crippen molar-refractivity contribution in [1.82, 2.24) is 5.32 Å². The van der Waals surface area contributed by atoms with Crippen molar-refractivity contribution in [2.45, 2.75) is 31.0 Å². The maximum absolute atomic E-state index is 13.2. The fourth-order valence-corrected chi connectivity index (χ4v) is 4.18. The number of carbonyl (C=O) groups excluding carboxylic acids is 2. The monoisotopic (exact) mass is 381 g/mol. The molecule has 0 saturated carbocycles. The summed E-state index contributed by atoms with van der Waals surface area (Å²) in [5.74, 6) is -0.521. The molecule has 146 valence electrons. The Morgan fingerprint density at radius 2 is 1.96 bits per heavy atom. The van der Waals surface area contributed by atoms with Gasteiger partial charge in [0.15, 0.2) is 0 Å². The Hall–Kier alpha value is -2.90. The van der Waals surface area contributed by atoms with Crippen LogP contribution in [-0.2, 0) is 15.1 Å². The topological polar surface area (TPSA) is 99.7 Å². The first-order chi connectivity index (χ1) is 13.5. The number of amides is 2. The number of hydrogen-bond donors (Lipinski definition) is 4. The van der Waals surface area contributed by atoms with E-state index in [0.717, 1.165) is 5.56 Å². The van der Waals surface area contributed by atoms with Crippen LogP contribution in [0.1, 0.15) is 18.9 Å². The van der Waals surface area contributed by atoms with E-state index in [4.69, 9.17) is 4.74 Å². The summed E-state index contributed by atoms with van der Waals surface area (Å²) in [5.41, 5.74) is 0.842. The number of aliphatic hydroxyl groups is 1. The SMILES string of the molecule is COc1ccc(NC(=O)[C@H]2C[C@H]([C@H](C)O)N[C@]23C(=O)Nc2ccccc23)cc1. The molecule has 2 heterocycles. The minimum Gasteiger partial charge on any atom is -0.497 e. The highest BCUT2D eigenvalue weighted by Gasteiger charge is 2.60.